The molecule has 0 aromatic heterocycles. The van der Waals surface area contributed by atoms with Gasteiger partial charge in [0.25, 0.3) is 0 Å². The fourth-order valence-electron chi connectivity index (χ4n) is 3.89. The van der Waals surface area contributed by atoms with E-state index in [1.807, 2.05) is 15.9 Å². The molecule has 2 aliphatic rings. The van der Waals surface area contributed by atoms with Crippen molar-refractivity contribution in [2.75, 3.05) is 58.3 Å². The van der Waals surface area contributed by atoms with Gasteiger partial charge in [-0.2, -0.15) is 0 Å². The third-order valence-corrected chi connectivity index (χ3v) is 5.43. The Hall–Kier alpha value is -2.24. The van der Waals surface area contributed by atoms with Gasteiger partial charge >= 0.3 is 6.03 Å². The first-order valence-electron chi connectivity index (χ1n) is 9.61. The van der Waals surface area contributed by atoms with E-state index in [1.165, 1.54) is 5.69 Å². The largest absolute Gasteiger partial charge is 0.370 e. The van der Waals surface area contributed by atoms with Gasteiger partial charge < -0.3 is 19.6 Å². The van der Waals surface area contributed by atoms with E-state index in [0.717, 1.165) is 45.4 Å². The number of benzene rings is 1. The molecule has 2 heterocycles. The van der Waals surface area contributed by atoms with Gasteiger partial charge in [-0.05, 0) is 31.4 Å². The first-order valence-corrected chi connectivity index (χ1v) is 9.61. The summed E-state index contributed by atoms with van der Waals surface area (Å²) < 4.78 is 0. The van der Waals surface area contributed by atoms with Crippen molar-refractivity contribution in [2.24, 2.45) is 5.92 Å². The van der Waals surface area contributed by atoms with Crippen molar-refractivity contribution in [3.8, 4) is 0 Å². The molecule has 3 amide bonds. The predicted molar refractivity (Wildman–Crippen MR) is 103 cm³/mol. The quantitative estimate of drug-likeness (QED) is 0.814. The molecule has 26 heavy (non-hydrogen) atoms. The number of anilines is 1. The number of nitrogens with zero attached hydrogens (tertiary/aromatic N) is 4. The van der Waals surface area contributed by atoms with E-state index in [9.17, 15) is 9.59 Å². The lowest BCUT2D eigenvalue weighted by Crippen LogP contribution is -2.47. The van der Waals surface area contributed by atoms with E-state index >= 15 is 0 Å². The van der Waals surface area contributed by atoms with E-state index in [1.54, 1.807) is 19.0 Å². The Labute approximate surface area is 156 Å². The molecule has 2 aliphatic heterocycles. The van der Waals surface area contributed by atoms with Gasteiger partial charge in [-0.3, -0.25) is 4.79 Å². The van der Waals surface area contributed by atoms with Crippen LogP contribution in [-0.4, -0.2) is 80.0 Å². The van der Waals surface area contributed by atoms with Crippen molar-refractivity contribution in [3.05, 3.63) is 30.3 Å². The fraction of sp³-hybridized carbons (Fsp3) is 0.600. The van der Waals surface area contributed by atoms with Gasteiger partial charge in [-0.25, -0.2) is 4.79 Å². The van der Waals surface area contributed by atoms with Crippen LogP contribution < -0.4 is 4.90 Å². The Kier molecular flexibility index (Phi) is 6.01. The molecule has 142 valence electrons. The summed E-state index contributed by atoms with van der Waals surface area (Å²) in [5.74, 6) is 0.335. The molecular weight excluding hydrogens is 328 g/mol. The number of hydrogen-bond acceptors (Lipinski definition) is 3. The summed E-state index contributed by atoms with van der Waals surface area (Å²) in [6.07, 6.45) is 2.55. The Morgan fingerprint density at radius 1 is 0.885 bits per heavy atom. The van der Waals surface area contributed by atoms with Gasteiger partial charge in [-0.1, -0.05) is 18.2 Å². The molecule has 6 heteroatoms. The summed E-state index contributed by atoms with van der Waals surface area (Å²) >= 11 is 0. The van der Waals surface area contributed by atoms with Crippen molar-refractivity contribution < 1.29 is 9.59 Å². The van der Waals surface area contributed by atoms with E-state index in [4.69, 9.17) is 0 Å². The Morgan fingerprint density at radius 2 is 1.58 bits per heavy atom. The monoisotopic (exact) mass is 358 g/mol. The second kappa shape index (κ2) is 8.43. The SMILES string of the molecule is CN(C)C(=O)N1CCC(C(=O)N2CCCN(c3ccccc3)CC2)CC1. The van der Waals surface area contributed by atoms with Crippen molar-refractivity contribution in [1.29, 1.82) is 0 Å². The lowest BCUT2D eigenvalue weighted by atomic mass is 9.95. The second-order valence-corrected chi connectivity index (χ2v) is 7.44. The number of carbonyl (C=O) groups excluding carboxylic acids is 2. The zero-order chi connectivity index (χ0) is 18.5. The highest BCUT2D eigenvalue weighted by Gasteiger charge is 2.31. The van der Waals surface area contributed by atoms with Gasteiger partial charge in [-0.15, -0.1) is 0 Å². The number of likely N-dealkylation sites (tertiary alicyclic amines) is 1. The van der Waals surface area contributed by atoms with Crippen LogP contribution in [0.25, 0.3) is 0 Å². The first kappa shape index (κ1) is 18.5. The van der Waals surface area contributed by atoms with Crippen LogP contribution in [0.5, 0.6) is 0 Å². The maximum absolute atomic E-state index is 13.0. The molecule has 6 nitrogen and oxygen atoms in total. The minimum atomic E-state index is 0.0455. The number of urea groups is 1. The molecule has 3 rings (SSSR count). The predicted octanol–water partition coefficient (Wildman–Crippen LogP) is 2.12. The lowest BCUT2D eigenvalue weighted by molar-refractivity contribution is -0.136. The van der Waals surface area contributed by atoms with E-state index < -0.39 is 0 Å². The second-order valence-electron chi connectivity index (χ2n) is 7.44. The van der Waals surface area contributed by atoms with Gasteiger partial charge in [0.1, 0.15) is 0 Å². The highest BCUT2D eigenvalue weighted by atomic mass is 16.2. The zero-order valence-corrected chi connectivity index (χ0v) is 15.9. The topological polar surface area (TPSA) is 47.1 Å². The molecule has 0 radical (unpaired) electrons. The zero-order valence-electron chi connectivity index (χ0n) is 15.9. The van der Waals surface area contributed by atoms with Crippen LogP contribution in [0.15, 0.2) is 30.3 Å². The molecule has 0 spiro atoms. The van der Waals surface area contributed by atoms with Crippen LogP contribution in [0.1, 0.15) is 19.3 Å². The number of carbonyl (C=O) groups is 2. The van der Waals surface area contributed by atoms with Crippen LogP contribution in [-0.2, 0) is 4.79 Å². The van der Waals surface area contributed by atoms with E-state index in [0.29, 0.717) is 13.1 Å². The molecule has 0 unspecified atom stereocenters. The minimum Gasteiger partial charge on any atom is -0.370 e. The van der Waals surface area contributed by atoms with Crippen LogP contribution in [0, 0.1) is 5.92 Å². The number of hydrogen-bond donors (Lipinski definition) is 0. The average Bonchev–Trinajstić information content (AvgIpc) is 2.94. The number of rotatable bonds is 2. The van der Waals surface area contributed by atoms with Crippen molar-refractivity contribution >= 4 is 17.6 Å². The average molecular weight is 358 g/mol. The van der Waals surface area contributed by atoms with Crippen LogP contribution in [0.4, 0.5) is 10.5 Å². The van der Waals surface area contributed by atoms with Gasteiger partial charge in [0.05, 0.1) is 0 Å². The highest BCUT2D eigenvalue weighted by Crippen LogP contribution is 2.22. The Morgan fingerprint density at radius 3 is 2.23 bits per heavy atom. The van der Waals surface area contributed by atoms with Gasteiger partial charge in [0.2, 0.25) is 5.91 Å². The molecular formula is C20H30N4O2. The summed E-state index contributed by atoms with van der Waals surface area (Å²) in [4.78, 5) is 32.9. The molecule has 0 atom stereocenters. The molecule has 1 aromatic carbocycles. The summed E-state index contributed by atoms with van der Waals surface area (Å²) in [5, 5.41) is 0. The van der Waals surface area contributed by atoms with Gasteiger partial charge in [0, 0.05) is 65.0 Å². The lowest BCUT2D eigenvalue weighted by Gasteiger charge is -2.35. The highest BCUT2D eigenvalue weighted by molar-refractivity contribution is 5.80. The van der Waals surface area contributed by atoms with Crippen LogP contribution >= 0.6 is 0 Å². The summed E-state index contributed by atoms with van der Waals surface area (Å²) in [6.45, 7) is 4.84. The molecule has 0 bridgehead atoms. The number of piperidine rings is 1. The summed E-state index contributed by atoms with van der Waals surface area (Å²) in [5.41, 5.74) is 1.23. The third-order valence-electron chi connectivity index (χ3n) is 5.43. The summed E-state index contributed by atoms with van der Waals surface area (Å²) in [7, 11) is 3.55. The van der Waals surface area contributed by atoms with Crippen molar-refractivity contribution in [1.82, 2.24) is 14.7 Å². The normalized spacial score (nSPS) is 19.2. The fourth-order valence-corrected chi connectivity index (χ4v) is 3.89. The number of amides is 3. The van der Waals surface area contributed by atoms with Crippen molar-refractivity contribution in [2.45, 2.75) is 19.3 Å². The maximum Gasteiger partial charge on any atom is 0.319 e. The Balaban J connectivity index is 1.52. The van der Waals surface area contributed by atoms with E-state index in [2.05, 4.69) is 29.2 Å². The third kappa shape index (κ3) is 4.29. The van der Waals surface area contributed by atoms with E-state index in [-0.39, 0.29) is 17.9 Å². The molecule has 2 saturated heterocycles. The molecule has 0 N–H and O–H groups in total. The molecule has 0 saturated carbocycles. The summed E-state index contributed by atoms with van der Waals surface area (Å²) in [6, 6.07) is 10.5. The van der Waals surface area contributed by atoms with Crippen LogP contribution in [0.2, 0.25) is 0 Å². The standard InChI is InChI=1S/C20H30N4O2/c1-21(2)20(26)24-13-9-17(10-14-24)19(25)23-12-6-11-22(15-16-23)18-7-4-3-5-8-18/h3-5,7-8,17H,6,9-16H2,1-2H3. The molecule has 2 fully saturated rings. The minimum absolute atomic E-state index is 0.0455. The van der Waals surface area contributed by atoms with Crippen LogP contribution in [0.3, 0.4) is 0 Å². The van der Waals surface area contributed by atoms with Crippen molar-refractivity contribution in [3.63, 3.8) is 0 Å². The maximum atomic E-state index is 13.0. The smallest absolute Gasteiger partial charge is 0.319 e. The first-order chi connectivity index (χ1) is 12.6. The van der Waals surface area contributed by atoms with Gasteiger partial charge in [0.15, 0.2) is 0 Å². The molecule has 1 aromatic rings. The molecule has 0 aliphatic carbocycles. The Bertz CT molecular complexity index is 611. The number of para-hydroxylation sites is 1.